The Morgan fingerprint density at radius 2 is 1.73 bits per heavy atom. The van der Waals surface area contributed by atoms with Gasteiger partial charge in [-0.1, -0.05) is 27.6 Å². The van der Waals surface area contributed by atoms with Crippen molar-refractivity contribution < 1.29 is 33.9 Å². The molecule has 2 aromatic carbocycles. The van der Waals surface area contributed by atoms with Crippen LogP contribution in [0.25, 0.3) is 0 Å². The van der Waals surface area contributed by atoms with Crippen LogP contribution < -0.4 is 9.64 Å². The number of non-ortho nitro benzene ring substituents is 1. The highest BCUT2D eigenvalue weighted by atomic mass is 79.9. The van der Waals surface area contributed by atoms with Gasteiger partial charge in [-0.2, -0.15) is 0 Å². The Hall–Kier alpha value is -2.52. The molecule has 0 bridgehead atoms. The molecular formula is C28H20Br3Cl2N3O8. The van der Waals surface area contributed by atoms with Gasteiger partial charge in [0.25, 0.3) is 17.5 Å². The number of nitro benzene ring substituents is 1. The first-order valence-electron chi connectivity index (χ1n) is 13.1. The van der Waals surface area contributed by atoms with Crippen LogP contribution in [-0.4, -0.2) is 60.9 Å². The maximum absolute atomic E-state index is 14.1. The minimum Gasteiger partial charge on any atom is -0.503 e. The first kappa shape index (κ1) is 31.5. The van der Waals surface area contributed by atoms with Crippen LogP contribution in [0, 0.1) is 27.9 Å². The van der Waals surface area contributed by atoms with Gasteiger partial charge in [-0.25, -0.2) is 0 Å². The van der Waals surface area contributed by atoms with E-state index < -0.39 is 62.0 Å². The number of anilines is 1. The van der Waals surface area contributed by atoms with Crippen molar-refractivity contribution in [1.29, 1.82) is 0 Å². The van der Waals surface area contributed by atoms with E-state index in [2.05, 4.69) is 47.8 Å². The van der Waals surface area contributed by atoms with Crippen LogP contribution in [0.4, 0.5) is 11.4 Å². The van der Waals surface area contributed by atoms with Gasteiger partial charge in [-0.15, -0.1) is 23.2 Å². The lowest BCUT2D eigenvalue weighted by molar-refractivity contribution is -0.384. The van der Waals surface area contributed by atoms with Gasteiger partial charge in [0.2, 0.25) is 11.8 Å². The monoisotopic (exact) mass is 833 g/mol. The molecule has 0 unspecified atom stereocenters. The van der Waals surface area contributed by atoms with E-state index in [4.69, 9.17) is 27.9 Å². The van der Waals surface area contributed by atoms with Crippen molar-refractivity contribution >= 4 is 106 Å². The second-order valence-corrected chi connectivity index (χ2v) is 14.2. The van der Waals surface area contributed by atoms with Crippen molar-refractivity contribution in [3.05, 3.63) is 66.6 Å². The lowest BCUT2D eigenvalue weighted by Gasteiger charge is -2.51. The van der Waals surface area contributed by atoms with Gasteiger partial charge in [0.15, 0.2) is 21.2 Å². The highest BCUT2D eigenvalue weighted by Gasteiger charge is 2.76. The highest BCUT2D eigenvalue weighted by Crippen LogP contribution is 2.66. The van der Waals surface area contributed by atoms with Crippen molar-refractivity contribution in [3.8, 4) is 11.5 Å². The number of ether oxygens (including phenoxy) is 1. The molecule has 1 N–H and O–H groups in total. The number of hydrogen-bond donors (Lipinski definition) is 1. The van der Waals surface area contributed by atoms with Crippen LogP contribution >= 0.6 is 71.0 Å². The van der Waals surface area contributed by atoms with Crippen LogP contribution in [0.2, 0.25) is 0 Å². The maximum atomic E-state index is 14.1. The van der Waals surface area contributed by atoms with E-state index in [9.17, 15) is 34.4 Å². The lowest BCUT2D eigenvalue weighted by Crippen LogP contribution is -2.60. The van der Waals surface area contributed by atoms with Gasteiger partial charge < -0.3 is 9.84 Å². The van der Waals surface area contributed by atoms with E-state index >= 15 is 0 Å². The average Bonchev–Trinajstić information content (AvgIpc) is 3.34. The third-order valence-electron chi connectivity index (χ3n) is 9.04. The van der Waals surface area contributed by atoms with Crippen molar-refractivity contribution in [2.75, 3.05) is 17.5 Å². The fourth-order valence-corrected chi connectivity index (χ4v) is 9.43. The first-order chi connectivity index (χ1) is 20.7. The van der Waals surface area contributed by atoms with Crippen LogP contribution in [0.3, 0.4) is 0 Å². The summed E-state index contributed by atoms with van der Waals surface area (Å²) in [6.07, 6.45) is 1.69. The molecule has 2 heterocycles. The molecule has 2 saturated heterocycles. The van der Waals surface area contributed by atoms with Gasteiger partial charge in [0.1, 0.15) is 0 Å². The Bertz CT molecular complexity index is 1720. The summed E-state index contributed by atoms with van der Waals surface area (Å²) in [5, 5.41) is 21.8. The third-order valence-corrected chi connectivity index (χ3v) is 13.1. The summed E-state index contributed by atoms with van der Waals surface area (Å²) in [7, 11) is 1.35. The minimum absolute atomic E-state index is 0.0533. The van der Waals surface area contributed by atoms with Crippen molar-refractivity contribution in [2.45, 2.75) is 28.5 Å². The summed E-state index contributed by atoms with van der Waals surface area (Å²) in [5.74, 6) is -6.35. The third kappa shape index (κ3) is 4.03. The number of nitrogens with zero attached hydrogens (tertiary/aromatic N) is 3. The van der Waals surface area contributed by atoms with Crippen LogP contribution in [0.5, 0.6) is 11.5 Å². The number of nitro groups is 1. The second-order valence-electron chi connectivity index (χ2n) is 10.9. The molecule has 16 heteroatoms. The van der Waals surface area contributed by atoms with Crippen LogP contribution in [-0.2, 0) is 19.2 Å². The fourth-order valence-electron chi connectivity index (χ4n) is 7.05. The van der Waals surface area contributed by atoms with E-state index in [0.29, 0.717) is 15.6 Å². The van der Waals surface area contributed by atoms with E-state index in [0.717, 1.165) is 9.80 Å². The molecule has 2 aromatic rings. The Balaban J connectivity index is 1.53. The standard InChI is InChI=1S/C28H20Br3Cl2N3O8/c1-44-17-8-15(20(30)21(31)22(17)37)19-13-6-7-14-18(16(13)9-27(32)25(40)34(10-29)26(41)28(19,27)33)24(39)35(23(14)38)11-2-4-12(5-3-11)36(42)43/h2-6,8,14,16,18-19,37H,7,9-10H2,1H3/t14-,16+,18-,19+,27+,28-/m0/s1. The van der Waals surface area contributed by atoms with Gasteiger partial charge >= 0.3 is 0 Å². The largest absolute Gasteiger partial charge is 0.503 e. The normalized spacial score (nSPS) is 31.1. The van der Waals surface area contributed by atoms with E-state index in [-0.39, 0.29) is 45.6 Å². The zero-order valence-electron chi connectivity index (χ0n) is 22.4. The topological polar surface area (TPSA) is 147 Å². The number of benzene rings is 2. The highest BCUT2D eigenvalue weighted by molar-refractivity contribution is 9.13. The number of fused-ring (bicyclic) bond motifs is 4. The summed E-state index contributed by atoms with van der Waals surface area (Å²) in [6.45, 7) is 0. The van der Waals surface area contributed by atoms with Gasteiger partial charge in [-0.3, -0.25) is 39.1 Å². The number of likely N-dealkylation sites (tertiary alicyclic amines) is 1. The number of allylic oxidation sites excluding steroid dienone is 2. The van der Waals surface area contributed by atoms with Gasteiger partial charge in [0, 0.05) is 22.5 Å². The smallest absolute Gasteiger partial charge is 0.269 e. The molecule has 2 aliphatic heterocycles. The molecule has 4 aliphatic rings. The van der Waals surface area contributed by atoms with Gasteiger partial charge in [0.05, 0.1) is 39.5 Å². The average molecular weight is 837 g/mol. The number of imide groups is 2. The Kier molecular flexibility index (Phi) is 7.71. The Labute approximate surface area is 285 Å². The molecule has 0 aromatic heterocycles. The molecule has 0 spiro atoms. The summed E-state index contributed by atoms with van der Waals surface area (Å²) < 4.78 is 5.91. The zero-order valence-corrected chi connectivity index (χ0v) is 28.7. The molecule has 230 valence electrons. The Morgan fingerprint density at radius 1 is 1.07 bits per heavy atom. The zero-order chi connectivity index (χ0) is 32.0. The first-order valence-corrected chi connectivity index (χ1v) is 16.6. The molecule has 6 rings (SSSR count). The SMILES string of the molecule is COc1cc([C@H]2C3=CC[C@@H]4C(=O)N(c5ccc([N+](=O)[O-])cc5)C(=O)[C@@H]4[C@@H]3C[C@@]3(Cl)C(=O)N(CBr)C(=O)[C@@]23Cl)c(Br)c(Br)c1O. The number of hydrogen-bond acceptors (Lipinski definition) is 8. The summed E-state index contributed by atoms with van der Waals surface area (Å²) >= 11 is 24.6. The number of rotatable bonds is 5. The lowest BCUT2D eigenvalue weighted by atomic mass is 9.56. The molecule has 44 heavy (non-hydrogen) atoms. The van der Waals surface area contributed by atoms with Crippen LogP contribution in [0.1, 0.15) is 24.3 Å². The molecule has 2 aliphatic carbocycles. The number of phenolic OH excluding ortho intramolecular Hbond substituents is 1. The van der Waals surface area contributed by atoms with Crippen molar-refractivity contribution in [1.82, 2.24) is 4.90 Å². The van der Waals surface area contributed by atoms with Crippen LogP contribution in [0.15, 0.2) is 50.9 Å². The molecular weight excluding hydrogens is 817 g/mol. The predicted molar refractivity (Wildman–Crippen MR) is 169 cm³/mol. The number of phenols is 1. The number of carbonyl (C=O) groups excluding carboxylic acids is 4. The number of aromatic hydroxyl groups is 1. The molecule has 3 fully saturated rings. The molecule has 11 nitrogen and oxygen atoms in total. The van der Waals surface area contributed by atoms with E-state index in [1.165, 1.54) is 37.4 Å². The number of methoxy groups -OCH3 is 1. The van der Waals surface area contributed by atoms with Crippen molar-refractivity contribution in [3.63, 3.8) is 0 Å². The summed E-state index contributed by atoms with van der Waals surface area (Å²) in [6, 6.07) is 6.57. The second kappa shape index (κ2) is 10.8. The quantitative estimate of drug-likeness (QED) is 0.100. The van der Waals surface area contributed by atoms with Crippen molar-refractivity contribution in [2.24, 2.45) is 17.8 Å². The number of alkyl halides is 3. The molecule has 6 atom stereocenters. The summed E-state index contributed by atoms with van der Waals surface area (Å²) in [5.41, 5.74) is 0.706. The Morgan fingerprint density at radius 3 is 2.32 bits per heavy atom. The molecule has 1 saturated carbocycles. The van der Waals surface area contributed by atoms with E-state index in [1.54, 1.807) is 6.08 Å². The molecule has 0 radical (unpaired) electrons. The molecule has 4 amide bonds. The minimum atomic E-state index is -2.05. The summed E-state index contributed by atoms with van der Waals surface area (Å²) in [4.78, 5) is 64.1. The fraction of sp³-hybridized carbons (Fsp3) is 0.357. The number of carbonyl (C=O) groups is 4. The number of halogens is 5. The van der Waals surface area contributed by atoms with Gasteiger partial charge in [-0.05, 0) is 74.4 Å². The predicted octanol–water partition coefficient (Wildman–Crippen LogP) is 5.75. The van der Waals surface area contributed by atoms with E-state index in [1.807, 2.05) is 0 Å². The number of amides is 4. The maximum Gasteiger partial charge on any atom is 0.269 e.